The summed E-state index contributed by atoms with van der Waals surface area (Å²) in [6.07, 6.45) is 0. The Balaban J connectivity index is 3.17. The second-order valence-corrected chi connectivity index (χ2v) is 1.32. The minimum absolute atomic E-state index is 1.18. The van der Waals surface area contributed by atoms with Crippen LogP contribution in [0.5, 0.6) is 0 Å². The summed E-state index contributed by atoms with van der Waals surface area (Å²) in [7, 11) is 0. The van der Waals surface area contributed by atoms with Crippen molar-refractivity contribution in [2.75, 3.05) is 0 Å². The highest BCUT2D eigenvalue weighted by atomic mass is 19.1. The molecule has 0 fully saturated rings. The van der Waals surface area contributed by atoms with Crippen molar-refractivity contribution in [3.63, 3.8) is 0 Å². The van der Waals surface area contributed by atoms with Gasteiger partial charge in [-0.15, -0.1) is 0 Å². The van der Waals surface area contributed by atoms with Gasteiger partial charge in [-0.3, -0.25) is 0 Å². The zero-order valence-corrected chi connectivity index (χ0v) is 4.13. The molecule has 0 N–H and O–H groups in total. The minimum Gasteiger partial charge on any atom is -0.205 e. The van der Waals surface area contributed by atoms with E-state index in [1.165, 1.54) is 18.2 Å². The molecule has 0 unspecified atom stereocenters. The van der Waals surface area contributed by atoms with Crippen LogP contribution >= 0.6 is 0 Å². The highest BCUT2D eigenvalue weighted by Crippen LogP contribution is 2.02. The number of halogens is 3. The van der Waals surface area contributed by atoms with Gasteiger partial charge < -0.3 is 0 Å². The van der Waals surface area contributed by atoms with E-state index in [1.54, 1.807) is 0 Å². The van der Waals surface area contributed by atoms with Gasteiger partial charge >= 0.3 is 0 Å². The fraction of sp³-hybridized carbons (Fsp3) is 0. The Morgan fingerprint density at radius 1 is 0.667 bits per heavy atom. The first-order valence-corrected chi connectivity index (χ1v) is 2.07. The lowest BCUT2D eigenvalue weighted by Gasteiger charge is -1.85. The summed E-state index contributed by atoms with van der Waals surface area (Å²) in [5, 5.41) is 0. The van der Waals surface area contributed by atoms with Crippen LogP contribution in [0.3, 0.4) is 0 Å². The second kappa shape index (κ2) is 2.09. The van der Waals surface area contributed by atoms with Gasteiger partial charge in [0.25, 0.3) is 0 Å². The quantitative estimate of drug-likeness (QED) is 0.498. The van der Waals surface area contributed by atoms with Crippen LogP contribution in [0.1, 0.15) is 0 Å². The van der Waals surface area contributed by atoms with Gasteiger partial charge in [0.1, 0.15) is 17.5 Å². The summed E-state index contributed by atoms with van der Waals surface area (Å²) in [6.45, 7) is 0. The molecule has 0 saturated heterocycles. The maximum atomic E-state index is 11.8. The molecule has 0 nitrogen and oxygen atoms in total. The van der Waals surface area contributed by atoms with Gasteiger partial charge in [-0.05, 0) is 0 Å². The zero-order chi connectivity index (χ0) is 6.85. The maximum Gasteiger partial charge on any atom is 0.145 e. The van der Waals surface area contributed by atoms with Crippen LogP contribution in [-0.2, 0) is 0 Å². The van der Waals surface area contributed by atoms with Gasteiger partial charge in [-0.2, -0.15) is 0 Å². The Labute approximate surface area is 49.9 Å². The molecule has 0 atom stereocenters. The van der Waals surface area contributed by atoms with Gasteiger partial charge in [0.15, 0.2) is 0 Å². The molecule has 9 heavy (non-hydrogen) atoms. The first-order chi connectivity index (χ1) is 4.18. The molecule has 0 amide bonds. The predicted molar refractivity (Wildman–Crippen MR) is 22.8 cm³/mol. The molecular formula is C6F3. The Morgan fingerprint density at radius 3 is 1.11 bits per heavy atom. The molecule has 0 aliphatic carbocycles. The van der Waals surface area contributed by atoms with Crippen LogP contribution < -0.4 is 0 Å². The lowest BCUT2D eigenvalue weighted by Crippen LogP contribution is -1.83. The smallest absolute Gasteiger partial charge is 0.145 e. The van der Waals surface area contributed by atoms with Gasteiger partial charge in [-0.25, -0.2) is 13.2 Å². The standard InChI is InChI=1S/C6F3/c7-4-1-5(8)3-6(9)2-4. The van der Waals surface area contributed by atoms with E-state index < -0.39 is 17.5 Å². The summed E-state index contributed by atoms with van der Waals surface area (Å²) in [5.74, 6) is -3.53. The van der Waals surface area contributed by atoms with Crippen LogP contribution in [0, 0.1) is 35.7 Å². The van der Waals surface area contributed by atoms with Gasteiger partial charge in [0.05, 0.1) is 18.2 Å². The van der Waals surface area contributed by atoms with Crippen molar-refractivity contribution in [1.82, 2.24) is 0 Å². The molecule has 0 aliphatic rings. The van der Waals surface area contributed by atoms with Crippen molar-refractivity contribution in [3.8, 4) is 0 Å². The minimum atomic E-state index is -1.18. The van der Waals surface area contributed by atoms with Crippen LogP contribution in [0.2, 0.25) is 0 Å². The molecule has 1 aromatic carbocycles. The van der Waals surface area contributed by atoms with Gasteiger partial charge in [-0.1, -0.05) is 0 Å². The van der Waals surface area contributed by atoms with Crippen LogP contribution in [0.4, 0.5) is 13.2 Å². The Kier molecular flexibility index (Phi) is 1.42. The molecule has 1 rings (SSSR count). The number of benzene rings is 1. The lowest BCUT2D eigenvalue weighted by atomic mass is 10.3. The fourth-order valence-corrected chi connectivity index (χ4v) is 0.383. The first kappa shape index (κ1) is 6.13. The van der Waals surface area contributed by atoms with Crippen LogP contribution in [0.25, 0.3) is 0 Å². The molecule has 3 heteroatoms. The Bertz CT molecular complexity index is 169. The first-order valence-electron chi connectivity index (χ1n) is 2.07. The molecular weight excluding hydrogens is 129 g/mol. The summed E-state index contributed by atoms with van der Waals surface area (Å²) in [6, 6.07) is 4.58. The predicted octanol–water partition coefficient (Wildman–Crippen LogP) is 1.50. The number of hydrogen-bond acceptors (Lipinski definition) is 0. The molecule has 0 aliphatic heterocycles. The van der Waals surface area contributed by atoms with Crippen molar-refractivity contribution in [2.45, 2.75) is 0 Å². The summed E-state index contributed by atoms with van der Waals surface area (Å²) >= 11 is 0. The third kappa shape index (κ3) is 1.45. The third-order valence-corrected chi connectivity index (χ3v) is 0.658. The number of hydrogen-bond donors (Lipinski definition) is 0. The van der Waals surface area contributed by atoms with Crippen molar-refractivity contribution < 1.29 is 13.2 Å². The second-order valence-electron chi connectivity index (χ2n) is 1.32. The van der Waals surface area contributed by atoms with E-state index in [0.717, 1.165) is 0 Å². The fourth-order valence-electron chi connectivity index (χ4n) is 0.383. The molecule has 0 aromatic heterocycles. The zero-order valence-electron chi connectivity index (χ0n) is 4.13. The molecule has 0 bridgehead atoms. The highest BCUT2D eigenvalue weighted by Gasteiger charge is 1.99. The van der Waals surface area contributed by atoms with Gasteiger partial charge in [0, 0.05) is 0 Å². The normalized spacial score (nSPS) is 9.67. The van der Waals surface area contributed by atoms with Crippen molar-refractivity contribution >= 4 is 0 Å². The van der Waals surface area contributed by atoms with E-state index in [9.17, 15) is 13.2 Å². The third-order valence-electron chi connectivity index (χ3n) is 0.658. The van der Waals surface area contributed by atoms with E-state index in [0.29, 0.717) is 0 Å². The van der Waals surface area contributed by atoms with E-state index in [4.69, 9.17) is 0 Å². The largest absolute Gasteiger partial charge is 0.205 e. The van der Waals surface area contributed by atoms with Crippen LogP contribution in [-0.4, -0.2) is 0 Å². The lowest BCUT2D eigenvalue weighted by molar-refractivity contribution is 0.535. The Hall–Kier alpha value is -0.990. The monoisotopic (exact) mass is 129 g/mol. The molecule has 0 saturated carbocycles. The summed E-state index contributed by atoms with van der Waals surface area (Å²) in [4.78, 5) is 0. The molecule has 0 heterocycles. The molecule has 3 radical (unpaired) electrons. The van der Waals surface area contributed by atoms with E-state index in [-0.39, 0.29) is 0 Å². The van der Waals surface area contributed by atoms with Gasteiger partial charge in [0.2, 0.25) is 0 Å². The topological polar surface area (TPSA) is 0 Å². The summed E-state index contributed by atoms with van der Waals surface area (Å²) < 4.78 is 35.5. The number of rotatable bonds is 0. The molecule has 1 aromatic rings. The van der Waals surface area contributed by atoms with Crippen molar-refractivity contribution in [2.24, 2.45) is 0 Å². The average molecular weight is 129 g/mol. The highest BCUT2D eigenvalue weighted by molar-refractivity contribution is 5.02. The molecule has 45 valence electrons. The SMILES string of the molecule is Fc1[c]c(F)[c]c(F)[c]1. The van der Waals surface area contributed by atoms with E-state index in [1.807, 2.05) is 0 Å². The maximum absolute atomic E-state index is 11.8. The van der Waals surface area contributed by atoms with Crippen LogP contribution in [0.15, 0.2) is 0 Å². The van der Waals surface area contributed by atoms with E-state index >= 15 is 0 Å². The average Bonchev–Trinajstić information content (AvgIpc) is 1.59. The van der Waals surface area contributed by atoms with Crippen molar-refractivity contribution in [1.29, 1.82) is 0 Å². The molecule has 0 spiro atoms. The van der Waals surface area contributed by atoms with Crippen molar-refractivity contribution in [3.05, 3.63) is 35.7 Å². The van der Waals surface area contributed by atoms with E-state index in [2.05, 4.69) is 0 Å². The summed E-state index contributed by atoms with van der Waals surface area (Å²) in [5.41, 5.74) is 0. The Morgan fingerprint density at radius 2 is 0.889 bits per heavy atom.